The lowest BCUT2D eigenvalue weighted by Crippen LogP contribution is -2.50. The van der Waals surface area contributed by atoms with Crippen LogP contribution in [0.1, 0.15) is 13.3 Å². The molecule has 2 aliphatic heterocycles. The van der Waals surface area contributed by atoms with Gasteiger partial charge in [-0.1, -0.05) is 6.92 Å². The number of methoxy groups -OCH3 is 1. The zero-order valence-corrected chi connectivity index (χ0v) is 15.1. The summed E-state index contributed by atoms with van der Waals surface area (Å²) in [7, 11) is 1.68. The maximum atomic E-state index is 5.86. The van der Waals surface area contributed by atoms with Gasteiger partial charge in [0, 0.05) is 45.3 Å². The first-order chi connectivity index (χ1) is 11.8. The van der Waals surface area contributed by atoms with Gasteiger partial charge in [-0.2, -0.15) is 0 Å². The summed E-state index contributed by atoms with van der Waals surface area (Å²) < 4.78 is 11.0. The fourth-order valence-electron chi connectivity index (χ4n) is 3.72. The average molecular weight is 333 g/mol. The predicted molar refractivity (Wildman–Crippen MR) is 97.0 cm³/mol. The van der Waals surface area contributed by atoms with Crippen molar-refractivity contribution in [2.24, 2.45) is 0 Å². The Morgan fingerprint density at radius 1 is 0.958 bits per heavy atom. The van der Waals surface area contributed by atoms with Crippen LogP contribution in [-0.4, -0.2) is 86.8 Å². The van der Waals surface area contributed by atoms with Crippen LogP contribution in [0.2, 0.25) is 0 Å². The number of likely N-dealkylation sites (tertiary alicyclic amines) is 1. The second kappa shape index (κ2) is 8.70. The van der Waals surface area contributed by atoms with Crippen LogP contribution >= 0.6 is 0 Å². The summed E-state index contributed by atoms with van der Waals surface area (Å²) in [6.45, 7) is 12.5. The minimum Gasteiger partial charge on any atom is -0.497 e. The molecule has 0 saturated carbocycles. The molecule has 24 heavy (non-hydrogen) atoms. The van der Waals surface area contributed by atoms with Crippen LogP contribution in [0, 0.1) is 0 Å². The molecule has 0 unspecified atom stereocenters. The summed E-state index contributed by atoms with van der Waals surface area (Å²) in [5.41, 5.74) is 0. The topological polar surface area (TPSA) is 28.2 Å². The first kappa shape index (κ1) is 17.5. The maximum absolute atomic E-state index is 5.86. The van der Waals surface area contributed by atoms with Gasteiger partial charge in [-0.25, -0.2) is 0 Å². The van der Waals surface area contributed by atoms with E-state index >= 15 is 0 Å². The molecule has 0 aromatic heterocycles. The van der Waals surface area contributed by atoms with Crippen LogP contribution in [0.5, 0.6) is 11.5 Å². The highest BCUT2D eigenvalue weighted by Gasteiger charge is 2.29. The van der Waals surface area contributed by atoms with E-state index in [-0.39, 0.29) is 0 Å². The number of likely N-dealkylation sites (N-methyl/N-ethyl adjacent to an activating group) is 1. The number of hydrogen-bond donors (Lipinski definition) is 0. The standard InChI is InChI=1S/C19H31N3O2/c1-3-20-10-12-22(13-11-20)17-8-9-21(16-17)14-15-24-19-6-4-18(23-2)5-7-19/h4-7,17H,3,8-16H2,1-2H3/t17-/m0/s1. The fraction of sp³-hybridized carbons (Fsp3) is 0.684. The summed E-state index contributed by atoms with van der Waals surface area (Å²) in [4.78, 5) is 7.78. The van der Waals surface area contributed by atoms with Crippen molar-refractivity contribution in [3.8, 4) is 11.5 Å². The molecule has 0 aliphatic carbocycles. The maximum Gasteiger partial charge on any atom is 0.119 e. The van der Waals surface area contributed by atoms with Gasteiger partial charge < -0.3 is 14.4 Å². The second-order valence-corrected chi connectivity index (χ2v) is 6.74. The van der Waals surface area contributed by atoms with Crippen molar-refractivity contribution < 1.29 is 9.47 Å². The molecule has 2 saturated heterocycles. The molecule has 1 aromatic carbocycles. The lowest BCUT2D eigenvalue weighted by atomic mass is 10.2. The third-order valence-electron chi connectivity index (χ3n) is 5.35. The van der Waals surface area contributed by atoms with Crippen LogP contribution in [-0.2, 0) is 0 Å². The lowest BCUT2D eigenvalue weighted by Gasteiger charge is -2.37. The van der Waals surface area contributed by atoms with Crippen molar-refractivity contribution in [1.82, 2.24) is 14.7 Å². The van der Waals surface area contributed by atoms with Gasteiger partial charge in [-0.3, -0.25) is 9.80 Å². The third-order valence-corrected chi connectivity index (χ3v) is 5.35. The van der Waals surface area contributed by atoms with Crippen molar-refractivity contribution in [2.75, 3.05) is 66.1 Å². The molecule has 134 valence electrons. The molecule has 2 fully saturated rings. The van der Waals surface area contributed by atoms with Gasteiger partial charge in [0.25, 0.3) is 0 Å². The van der Waals surface area contributed by atoms with E-state index in [2.05, 4.69) is 21.6 Å². The second-order valence-electron chi connectivity index (χ2n) is 6.74. The van der Waals surface area contributed by atoms with Crippen LogP contribution in [0.3, 0.4) is 0 Å². The predicted octanol–water partition coefficient (Wildman–Crippen LogP) is 1.79. The van der Waals surface area contributed by atoms with Crippen molar-refractivity contribution in [3.05, 3.63) is 24.3 Å². The Hall–Kier alpha value is -1.30. The van der Waals surface area contributed by atoms with E-state index in [1.165, 1.54) is 52.2 Å². The Labute approximate surface area is 146 Å². The minimum absolute atomic E-state index is 0.741. The molecule has 5 nitrogen and oxygen atoms in total. The number of piperazine rings is 1. The zero-order chi connectivity index (χ0) is 16.8. The highest BCUT2D eigenvalue weighted by atomic mass is 16.5. The van der Waals surface area contributed by atoms with Gasteiger partial charge in [-0.05, 0) is 43.8 Å². The van der Waals surface area contributed by atoms with Gasteiger partial charge in [0.2, 0.25) is 0 Å². The zero-order valence-electron chi connectivity index (χ0n) is 15.1. The lowest BCUT2D eigenvalue weighted by molar-refractivity contribution is 0.1000. The SMILES string of the molecule is CCN1CCN([C@H]2CCN(CCOc3ccc(OC)cc3)C2)CC1. The molecular weight excluding hydrogens is 302 g/mol. The van der Waals surface area contributed by atoms with Crippen LogP contribution < -0.4 is 9.47 Å². The van der Waals surface area contributed by atoms with E-state index in [0.29, 0.717) is 0 Å². The van der Waals surface area contributed by atoms with E-state index < -0.39 is 0 Å². The van der Waals surface area contributed by atoms with E-state index in [1.807, 2.05) is 24.3 Å². The number of benzene rings is 1. The molecule has 5 heteroatoms. The van der Waals surface area contributed by atoms with Crippen LogP contribution in [0.4, 0.5) is 0 Å². The molecule has 0 radical (unpaired) electrons. The summed E-state index contributed by atoms with van der Waals surface area (Å²) in [5.74, 6) is 1.79. The van der Waals surface area contributed by atoms with Gasteiger partial charge in [0.05, 0.1) is 7.11 Å². The van der Waals surface area contributed by atoms with Gasteiger partial charge in [-0.15, -0.1) is 0 Å². The highest BCUT2D eigenvalue weighted by molar-refractivity contribution is 5.31. The van der Waals surface area contributed by atoms with E-state index in [9.17, 15) is 0 Å². The molecule has 0 N–H and O–H groups in total. The Balaban J connectivity index is 1.35. The molecule has 0 spiro atoms. The first-order valence-electron chi connectivity index (χ1n) is 9.24. The van der Waals surface area contributed by atoms with Crippen molar-refractivity contribution >= 4 is 0 Å². The first-order valence-corrected chi connectivity index (χ1v) is 9.24. The smallest absolute Gasteiger partial charge is 0.119 e. The molecule has 3 rings (SSSR count). The summed E-state index contributed by atoms with van der Waals surface area (Å²) in [5, 5.41) is 0. The van der Waals surface area contributed by atoms with Crippen molar-refractivity contribution in [1.29, 1.82) is 0 Å². The Bertz CT molecular complexity index is 486. The number of hydrogen-bond acceptors (Lipinski definition) is 5. The van der Waals surface area contributed by atoms with Gasteiger partial charge in [0.15, 0.2) is 0 Å². The van der Waals surface area contributed by atoms with Gasteiger partial charge >= 0.3 is 0 Å². The van der Waals surface area contributed by atoms with Crippen molar-refractivity contribution in [3.63, 3.8) is 0 Å². The average Bonchev–Trinajstić information content (AvgIpc) is 3.11. The summed E-state index contributed by atoms with van der Waals surface area (Å²) in [6.07, 6.45) is 1.30. The van der Waals surface area contributed by atoms with E-state index in [1.54, 1.807) is 7.11 Å². The molecule has 0 bridgehead atoms. The molecule has 2 heterocycles. The molecule has 1 aromatic rings. The summed E-state index contributed by atoms with van der Waals surface area (Å²) >= 11 is 0. The fourth-order valence-corrected chi connectivity index (χ4v) is 3.72. The molecule has 1 atom stereocenters. The number of nitrogens with zero attached hydrogens (tertiary/aromatic N) is 3. The number of rotatable bonds is 7. The summed E-state index contributed by atoms with van der Waals surface area (Å²) in [6, 6.07) is 8.57. The van der Waals surface area contributed by atoms with Crippen molar-refractivity contribution in [2.45, 2.75) is 19.4 Å². The largest absolute Gasteiger partial charge is 0.497 e. The molecular formula is C19H31N3O2. The van der Waals surface area contributed by atoms with E-state index in [4.69, 9.17) is 9.47 Å². The Kier molecular flexibility index (Phi) is 6.35. The Morgan fingerprint density at radius 3 is 2.33 bits per heavy atom. The minimum atomic E-state index is 0.741. The normalized spacial score (nSPS) is 23.5. The highest BCUT2D eigenvalue weighted by Crippen LogP contribution is 2.19. The third kappa shape index (κ3) is 4.62. The molecule has 2 aliphatic rings. The number of ether oxygens (including phenoxy) is 2. The van der Waals surface area contributed by atoms with Gasteiger partial charge in [0.1, 0.15) is 18.1 Å². The molecule has 0 amide bonds. The Morgan fingerprint density at radius 2 is 1.67 bits per heavy atom. The monoisotopic (exact) mass is 333 g/mol. The van der Waals surface area contributed by atoms with E-state index in [0.717, 1.165) is 30.7 Å². The van der Waals surface area contributed by atoms with Crippen LogP contribution in [0.15, 0.2) is 24.3 Å². The quantitative estimate of drug-likeness (QED) is 0.759. The van der Waals surface area contributed by atoms with Crippen LogP contribution in [0.25, 0.3) is 0 Å².